The fraction of sp³-hybridized carbons (Fsp3) is 0.0952. The van der Waals surface area contributed by atoms with Gasteiger partial charge in [0.05, 0.1) is 5.69 Å². The average Bonchev–Trinajstić information content (AvgIpc) is 2.68. The molecule has 0 aliphatic rings. The Kier molecular flexibility index (Phi) is 6.74. The molecule has 1 aromatic heterocycles. The quantitative estimate of drug-likeness (QED) is 0.347. The lowest BCUT2D eigenvalue weighted by Crippen LogP contribution is -2.21. The van der Waals surface area contributed by atoms with Gasteiger partial charge >= 0.3 is 5.63 Å². The number of fused-ring (bicyclic) bond motifs is 1. The molecule has 3 rings (SSSR count). The molecule has 0 fully saturated rings. The van der Waals surface area contributed by atoms with Crippen LogP contribution in [0.2, 0.25) is 0 Å². The van der Waals surface area contributed by atoms with Crippen LogP contribution in [0.4, 0.5) is 5.69 Å². The second-order valence-corrected chi connectivity index (χ2v) is 8.85. The van der Waals surface area contributed by atoms with E-state index in [1.54, 1.807) is 41.8 Å². The highest BCUT2D eigenvalue weighted by Gasteiger charge is 2.14. The van der Waals surface area contributed by atoms with Crippen LogP contribution in [0.15, 0.2) is 75.0 Å². The molecule has 0 atom stereocenters. The molecule has 0 spiro atoms. The van der Waals surface area contributed by atoms with Crippen molar-refractivity contribution in [3.05, 3.63) is 92.9 Å². The van der Waals surface area contributed by atoms with Gasteiger partial charge in [0.2, 0.25) is 0 Å². The zero-order valence-corrected chi connectivity index (χ0v) is 18.3. The van der Waals surface area contributed by atoms with Crippen LogP contribution in [0, 0.1) is 6.92 Å². The van der Waals surface area contributed by atoms with Crippen molar-refractivity contribution in [3.63, 3.8) is 0 Å². The van der Waals surface area contributed by atoms with Crippen molar-refractivity contribution in [1.29, 1.82) is 0 Å². The summed E-state index contributed by atoms with van der Waals surface area (Å²) in [5, 5.41) is 7.84. The van der Waals surface area contributed by atoms with Crippen LogP contribution in [-0.4, -0.2) is 8.42 Å². The number of ether oxygens (including phenoxy) is 1. The molecule has 8 nitrogen and oxygen atoms in total. The molecule has 0 radical (unpaired) electrons. The van der Waals surface area contributed by atoms with Crippen molar-refractivity contribution in [1.82, 2.24) is 0 Å². The minimum atomic E-state index is -3.89. The summed E-state index contributed by atoms with van der Waals surface area (Å²) in [5.41, 5.74) is 7.49. The molecule has 0 saturated heterocycles. The molecule has 0 saturated carbocycles. The normalized spacial score (nSPS) is 11.7. The standard InChI is InChI=1S/C21H21N3O5S2/c1-13-18-7-6-17(28-14(2)30-9-8-22)12-20(18)29-21(25)19(13)11-15-4-3-5-16(10-15)24-31(23,26)27/h3-10,12,24H,2,11,22H2,1H3,(H2,23,26,27)/b9-8-. The maximum atomic E-state index is 12.7. The fourth-order valence-electron chi connectivity index (χ4n) is 3.03. The van der Waals surface area contributed by atoms with Crippen molar-refractivity contribution in [2.75, 3.05) is 4.72 Å². The van der Waals surface area contributed by atoms with E-state index in [9.17, 15) is 13.2 Å². The highest BCUT2D eigenvalue weighted by atomic mass is 32.2. The lowest BCUT2D eigenvalue weighted by molar-refractivity contribution is 0.467. The number of nitrogens with one attached hydrogen (secondary N) is 1. The van der Waals surface area contributed by atoms with E-state index in [0.29, 0.717) is 27.7 Å². The number of benzene rings is 2. The smallest absolute Gasteiger partial charge is 0.340 e. The van der Waals surface area contributed by atoms with E-state index in [1.807, 2.05) is 13.0 Å². The van der Waals surface area contributed by atoms with Crippen LogP contribution in [0.25, 0.3) is 11.0 Å². The van der Waals surface area contributed by atoms with Crippen molar-refractivity contribution in [3.8, 4) is 5.75 Å². The van der Waals surface area contributed by atoms with E-state index in [-0.39, 0.29) is 6.42 Å². The Morgan fingerprint density at radius 1 is 1.29 bits per heavy atom. The molecule has 0 aliphatic heterocycles. The summed E-state index contributed by atoms with van der Waals surface area (Å²) in [6, 6.07) is 11.8. The molecule has 31 heavy (non-hydrogen) atoms. The largest absolute Gasteiger partial charge is 0.451 e. The first-order chi connectivity index (χ1) is 14.7. The summed E-state index contributed by atoms with van der Waals surface area (Å²) in [6.07, 6.45) is 1.64. The zero-order chi connectivity index (χ0) is 22.6. The fourth-order valence-corrected chi connectivity index (χ4v) is 3.86. The number of rotatable bonds is 8. The van der Waals surface area contributed by atoms with Gasteiger partial charge in [-0.05, 0) is 54.3 Å². The van der Waals surface area contributed by atoms with Crippen LogP contribution in [-0.2, 0) is 16.6 Å². The Balaban J connectivity index is 1.91. The Hall–Kier alpha value is -3.21. The summed E-state index contributed by atoms with van der Waals surface area (Å²) < 4.78 is 35.8. The SMILES string of the molecule is C=C(Oc1ccc2c(C)c(Cc3cccc(NS(N)(=O)=O)c3)c(=O)oc2c1)S/C=C\N. The first kappa shape index (κ1) is 22.5. The second-order valence-electron chi connectivity index (χ2n) is 6.60. The van der Waals surface area contributed by atoms with Gasteiger partial charge in [-0.3, -0.25) is 4.72 Å². The first-order valence-corrected chi connectivity index (χ1v) is 11.4. The van der Waals surface area contributed by atoms with Gasteiger partial charge in [-0.1, -0.05) is 23.9 Å². The molecule has 2 aromatic carbocycles. The zero-order valence-electron chi connectivity index (χ0n) is 16.6. The monoisotopic (exact) mass is 459 g/mol. The summed E-state index contributed by atoms with van der Waals surface area (Å²) in [4.78, 5) is 12.7. The summed E-state index contributed by atoms with van der Waals surface area (Å²) >= 11 is 1.23. The Labute approximate surface area is 183 Å². The first-order valence-electron chi connectivity index (χ1n) is 9.02. The predicted octanol–water partition coefficient (Wildman–Crippen LogP) is 3.32. The Morgan fingerprint density at radius 3 is 2.77 bits per heavy atom. The molecule has 0 aliphatic carbocycles. The van der Waals surface area contributed by atoms with Crippen molar-refractivity contribution in [2.24, 2.45) is 10.9 Å². The highest BCUT2D eigenvalue weighted by molar-refractivity contribution is 8.05. The number of anilines is 1. The summed E-state index contributed by atoms with van der Waals surface area (Å²) in [7, 11) is -3.89. The van der Waals surface area contributed by atoms with E-state index in [0.717, 1.165) is 16.5 Å². The molecule has 0 bridgehead atoms. The lowest BCUT2D eigenvalue weighted by atomic mass is 9.99. The van der Waals surface area contributed by atoms with Gasteiger partial charge in [0.15, 0.2) is 5.09 Å². The van der Waals surface area contributed by atoms with Gasteiger partial charge in [-0.2, -0.15) is 8.42 Å². The molecule has 162 valence electrons. The molecular formula is C21H21N3O5S2. The molecule has 3 aromatic rings. The minimum absolute atomic E-state index is 0.265. The van der Waals surface area contributed by atoms with E-state index in [4.69, 9.17) is 20.0 Å². The highest BCUT2D eigenvalue weighted by Crippen LogP contribution is 2.28. The van der Waals surface area contributed by atoms with Crippen LogP contribution in [0.3, 0.4) is 0 Å². The van der Waals surface area contributed by atoms with Gasteiger partial charge in [0.25, 0.3) is 10.2 Å². The Bertz CT molecular complexity index is 1330. The third-order valence-corrected chi connectivity index (χ3v) is 5.50. The number of hydrogen-bond acceptors (Lipinski definition) is 7. The van der Waals surface area contributed by atoms with E-state index in [2.05, 4.69) is 11.3 Å². The summed E-state index contributed by atoms with van der Waals surface area (Å²) in [5.74, 6) is 0.479. The molecule has 5 N–H and O–H groups in total. The van der Waals surface area contributed by atoms with Gasteiger partial charge in [-0.25, -0.2) is 9.93 Å². The van der Waals surface area contributed by atoms with Gasteiger partial charge in [0.1, 0.15) is 11.3 Å². The molecular weight excluding hydrogens is 438 g/mol. The van der Waals surface area contributed by atoms with E-state index < -0.39 is 15.8 Å². The summed E-state index contributed by atoms with van der Waals surface area (Å²) in [6.45, 7) is 5.62. The topological polar surface area (TPSA) is 138 Å². The van der Waals surface area contributed by atoms with Crippen molar-refractivity contribution in [2.45, 2.75) is 13.3 Å². The number of nitrogens with two attached hydrogens (primary N) is 2. The maximum Gasteiger partial charge on any atom is 0.340 e. The van der Waals surface area contributed by atoms with Gasteiger partial charge in [0, 0.05) is 29.6 Å². The van der Waals surface area contributed by atoms with E-state index >= 15 is 0 Å². The molecule has 0 unspecified atom stereocenters. The number of thioether (sulfide) groups is 1. The van der Waals surface area contributed by atoms with Crippen LogP contribution in [0.5, 0.6) is 5.75 Å². The average molecular weight is 460 g/mol. The van der Waals surface area contributed by atoms with Crippen LogP contribution >= 0.6 is 11.8 Å². The van der Waals surface area contributed by atoms with Crippen molar-refractivity contribution < 1.29 is 17.6 Å². The Morgan fingerprint density at radius 2 is 2.06 bits per heavy atom. The molecule has 1 heterocycles. The third-order valence-electron chi connectivity index (χ3n) is 4.34. The molecule has 10 heteroatoms. The van der Waals surface area contributed by atoms with Crippen molar-refractivity contribution >= 4 is 38.6 Å². The second kappa shape index (κ2) is 9.29. The minimum Gasteiger partial charge on any atom is -0.451 e. The maximum absolute atomic E-state index is 12.7. The van der Waals surface area contributed by atoms with E-state index in [1.165, 1.54) is 18.0 Å². The predicted molar refractivity (Wildman–Crippen MR) is 124 cm³/mol. The van der Waals surface area contributed by atoms with Gasteiger partial charge < -0.3 is 14.9 Å². The third kappa shape index (κ3) is 5.91. The van der Waals surface area contributed by atoms with Gasteiger partial charge in [-0.15, -0.1) is 0 Å². The van der Waals surface area contributed by atoms with Crippen LogP contribution < -0.4 is 26.0 Å². The molecule has 0 amide bonds. The number of aryl methyl sites for hydroxylation is 1. The number of hydrogen-bond donors (Lipinski definition) is 3. The lowest BCUT2D eigenvalue weighted by Gasteiger charge is -2.11. The van der Waals surface area contributed by atoms with Crippen LogP contribution in [0.1, 0.15) is 16.7 Å².